The van der Waals surface area contributed by atoms with E-state index in [1.807, 2.05) is 0 Å². The molecule has 1 aliphatic carbocycles. The molecule has 2 rings (SSSR count). The Morgan fingerprint density at radius 1 is 1.11 bits per heavy atom. The third kappa shape index (κ3) is 4.54. The van der Waals surface area contributed by atoms with Crippen molar-refractivity contribution in [3.8, 4) is 0 Å². The predicted octanol–water partition coefficient (Wildman–Crippen LogP) is 2.37. The summed E-state index contributed by atoms with van der Waals surface area (Å²) in [5.41, 5.74) is 0. The van der Waals surface area contributed by atoms with E-state index >= 15 is 0 Å². The number of rotatable bonds is 4. The maximum atomic E-state index is 11.3. The molecule has 0 aromatic rings. The van der Waals surface area contributed by atoms with Crippen molar-refractivity contribution in [2.24, 2.45) is 11.8 Å². The van der Waals surface area contributed by atoms with Crippen molar-refractivity contribution in [2.45, 2.75) is 57.9 Å². The van der Waals surface area contributed by atoms with E-state index in [9.17, 15) is 8.42 Å². The van der Waals surface area contributed by atoms with Crippen LogP contribution in [-0.2, 0) is 9.84 Å². The lowest BCUT2D eigenvalue weighted by Gasteiger charge is -2.28. The monoisotopic (exact) mass is 273 g/mol. The van der Waals surface area contributed by atoms with Crippen LogP contribution in [0.25, 0.3) is 0 Å². The van der Waals surface area contributed by atoms with Crippen LogP contribution in [0.1, 0.15) is 51.9 Å². The van der Waals surface area contributed by atoms with Gasteiger partial charge in [-0.2, -0.15) is 0 Å². The summed E-state index contributed by atoms with van der Waals surface area (Å²) in [6.45, 7) is 3.44. The summed E-state index contributed by atoms with van der Waals surface area (Å²) in [4.78, 5) is 0. The first kappa shape index (κ1) is 14.3. The molecule has 0 spiro atoms. The number of hydrogen-bond acceptors (Lipinski definition) is 3. The third-order valence-electron chi connectivity index (χ3n) is 4.59. The van der Waals surface area contributed by atoms with Crippen molar-refractivity contribution >= 4 is 9.84 Å². The van der Waals surface area contributed by atoms with Gasteiger partial charge in [-0.3, -0.25) is 0 Å². The van der Waals surface area contributed by atoms with Crippen LogP contribution in [0.15, 0.2) is 0 Å². The topological polar surface area (TPSA) is 46.2 Å². The van der Waals surface area contributed by atoms with Crippen molar-refractivity contribution in [1.29, 1.82) is 0 Å². The van der Waals surface area contributed by atoms with Crippen LogP contribution in [0.4, 0.5) is 0 Å². The predicted molar refractivity (Wildman–Crippen MR) is 75.4 cm³/mol. The van der Waals surface area contributed by atoms with E-state index in [0.717, 1.165) is 31.2 Å². The fraction of sp³-hybridized carbons (Fsp3) is 1.00. The van der Waals surface area contributed by atoms with Gasteiger partial charge in [-0.05, 0) is 44.1 Å². The van der Waals surface area contributed by atoms with E-state index in [-0.39, 0.29) is 0 Å². The SMILES string of the molecule is CC1CCCC(CCNC2CCS(=O)(=O)CC2)C1. The summed E-state index contributed by atoms with van der Waals surface area (Å²) in [5.74, 6) is 2.56. The fourth-order valence-corrected chi connectivity index (χ4v) is 4.90. The molecular weight excluding hydrogens is 246 g/mol. The zero-order chi connectivity index (χ0) is 13.0. The maximum Gasteiger partial charge on any atom is 0.150 e. The molecule has 3 nitrogen and oxygen atoms in total. The average molecular weight is 273 g/mol. The minimum atomic E-state index is -2.71. The molecule has 2 aliphatic rings. The molecule has 1 heterocycles. The summed E-state index contributed by atoms with van der Waals surface area (Å²) in [6.07, 6.45) is 8.48. The van der Waals surface area contributed by atoms with Gasteiger partial charge >= 0.3 is 0 Å². The van der Waals surface area contributed by atoms with Gasteiger partial charge in [0, 0.05) is 6.04 Å². The molecule has 0 aromatic carbocycles. The molecule has 1 N–H and O–H groups in total. The lowest BCUT2D eigenvalue weighted by Crippen LogP contribution is -2.38. The van der Waals surface area contributed by atoms with E-state index in [1.165, 1.54) is 32.1 Å². The van der Waals surface area contributed by atoms with Crippen LogP contribution in [0.3, 0.4) is 0 Å². The number of nitrogens with one attached hydrogen (secondary N) is 1. The van der Waals surface area contributed by atoms with Gasteiger partial charge in [0.05, 0.1) is 11.5 Å². The van der Waals surface area contributed by atoms with Crippen LogP contribution >= 0.6 is 0 Å². The van der Waals surface area contributed by atoms with Gasteiger partial charge in [0.2, 0.25) is 0 Å². The Balaban J connectivity index is 1.61. The van der Waals surface area contributed by atoms with E-state index in [0.29, 0.717) is 17.5 Å². The van der Waals surface area contributed by atoms with Crippen molar-refractivity contribution in [1.82, 2.24) is 5.32 Å². The molecule has 106 valence electrons. The molecular formula is C14H27NO2S. The van der Waals surface area contributed by atoms with E-state index in [2.05, 4.69) is 12.2 Å². The molecule has 2 atom stereocenters. The van der Waals surface area contributed by atoms with Gasteiger partial charge in [-0.25, -0.2) is 8.42 Å². The molecule has 1 aliphatic heterocycles. The Morgan fingerprint density at radius 3 is 2.50 bits per heavy atom. The average Bonchev–Trinajstić information content (AvgIpc) is 2.31. The molecule has 1 saturated carbocycles. The second kappa shape index (κ2) is 6.38. The van der Waals surface area contributed by atoms with E-state index in [4.69, 9.17) is 0 Å². The van der Waals surface area contributed by atoms with Crippen molar-refractivity contribution < 1.29 is 8.42 Å². The Kier molecular flexibility index (Phi) is 5.07. The third-order valence-corrected chi connectivity index (χ3v) is 6.30. The van der Waals surface area contributed by atoms with Gasteiger partial charge in [0.25, 0.3) is 0 Å². The lowest BCUT2D eigenvalue weighted by atomic mass is 9.81. The zero-order valence-corrected chi connectivity index (χ0v) is 12.3. The number of sulfone groups is 1. The molecule has 0 radical (unpaired) electrons. The number of hydrogen-bond donors (Lipinski definition) is 1. The first-order chi connectivity index (χ1) is 8.55. The minimum Gasteiger partial charge on any atom is -0.314 e. The Morgan fingerprint density at radius 2 is 1.83 bits per heavy atom. The molecule has 0 bridgehead atoms. The molecule has 0 amide bonds. The van der Waals surface area contributed by atoms with Gasteiger partial charge in [0.15, 0.2) is 0 Å². The Bertz CT molecular complexity index is 339. The highest BCUT2D eigenvalue weighted by atomic mass is 32.2. The normalized spacial score (nSPS) is 33.4. The van der Waals surface area contributed by atoms with Crippen LogP contribution in [0.2, 0.25) is 0 Å². The summed E-state index contributed by atoms with van der Waals surface area (Å²) < 4.78 is 22.7. The summed E-state index contributed by atoms with van der Waals surface area (Å²) in [6, 6.07) is 0.439. The lowest BCUT2D eigenvalue weighted by molar-refractivity contribution is 0.264. The summed E-state index contributed by atoms with van der Waals surface area (Å²) in [7, 11) is -2.71. The molecule has 2 fully saturated rings. The van der Waals surface area contributed by atoms with Crippen LogP contribution in [-0.4, -0.2) is 32.5 Å². The van der Waals surface area contributed by atoms with Gasteiger partial charge in [-0.15, -0.1) is 0 Å². The summed E-state index contributed by atoms with van der Waals surface area (Å²) >= 11 is 0. The highest BCUT2D eigenvalue weighted by Crippen LogP contribution is 2.30. The van der Waals surface area contributed by atoms with Crippen molar-refractivity contribution in [3.63, 3.8) is 0 Å². The first-order valence-electron chi connectivity index (χ1n) is 7.49. The molecule has 1 saturated heterocycles. The van der Waals surface area contributed by atoms with Crippen LogP contribution < -0.4 is 5.32 Å². The Hall–Kier alpha value is -0.0900. The smallest absolute Gasteiger partial charge is 0.150 e. The first-order valence-corrected chi connectivity index (χ1v) is 9.31. The standard InChI is InChI=1S/C14H27NO2S/c1-12-3-2-4-13(11-12)5-8-15-14-6-9-18(16,17)10-7-14/h12-15H,2-11H2,1H3. The second-order valence-corrected chi connectivity index (χ2v) is 8.61. The highest BCUT2D eigenvalue weighted by molar-refractivity contribution is 7.91. The largest absolute Gasteiger partial charge is 0.314 e. The van der Waals surface area contributed by atoms with Crippen LogP contribution in [0.5, 0.6) is 0 Å². The van der Waals surface area contributed by atoms with Crippen LogP contribution in [0, 0.1) is 11.8 Å². The van der Waals surface area contributed by atoms with Gasteiger partial charge in [0.1, 0.15) is 9.84 Å². The molecule has 18 heavy (non-hydrogen) atoms. The quantitative estimate of drug-likeness (QED) is 0.855. The van der Waals surface area contributed by atoms with Crippen molar-refractivity contribution in [2.75, 3.05) is 18.1 Å². The zero-order valence-electron chi connectivity index (χ0n) is 11.5. The van der Waals surface area contributed by atoms with Gasteiger partial charge in [-0.1, -0.05) is 26.2 Å². The fourth-order valence-electron chi connectivity index (χ4n) is 3.41. The molecule has 4 heteroatoms. The van der Waals surface area contributed by atoms with E-state index < -0.39 is 9.84 Å². The van der Waals surface area contributed by atoms with E-state index in [1.54, 1.807) is 0 Å². The van der Waals surface area contributed by atoms with Crippen molar-refractivity contribution in [3.05, 3.63) is 0 Å². The Labute approximate surface area is 112 Å². The van der Waals surface area contributed by atoms with Gasteiger partial charge < -0.3 is 5.32 Å². The summed E-state index contributed by atoms with van der Waals surface area (Å²) in [5, 5.41) is 3.56. The maximum absolute atomic E-state index is 11.3. The molecule has 2 unspecified atom stereocenters. The minimum absolute atomic E-state index is 0.380. The molecule has 0 aromatic heterocycles. The highest BCUT2D eigenvalue weighted by Gasteiger charge is 2.23. The second-order valence-electron chi connectivity index (χ2n) is 6.31.